The Kier molecular flexibility index (Phi) is 3.21. The Hall–Kier alpha value is -2.62. The van der Waals surface area contributed by atoms with Gasteiger partial charge in [0.1, 0.15) is 23.8 Å². The van der Waals surface area contributed by atoms with Crippen LogP contribution in [0.3, 0.4) is 0 Å². The van der Waals surface area contributed by atoms with Gasteiger partial charge >= 0.3 is 0 Å². The minimum Gasteiger partial charge on any atom is -0.382 e. The summed E-state index contributed by atoms with van der Waals surface area (Å²) in [7, 11) is 0. The molecule has 3 rings (SSSR count). The lowest BCUT2D eigenvalue weighted by Gasteiger charge is -2.26. The summed E-state index contributed by atoms with van der Waals surface area (Å²) in [4.78, 5) is 10.1. The highest BCUT2D eigenvalue weighted by molar-refractivity contribution is 5.66. The highest BCUT2D eigenvalue weighted by atomic mass is 15.4. The second-order valence-electron chi connectivity index (χ2n) is 4.72. The number of nitrogens with two attached hydrogens (primary N) is 1. The molecule has 2 aromatic rings. The first kappa shape index (κ1) is 12.4. The number of hydrogen-bond donors (Lipinski definition) is 1. The Labute approximate surface area is 116 Å². The lowest BCUT2D eigenvalue weighted by molar-refractivity contribution is 0.571. The SMILES string of the molecule is N#Cc1c(N2CCCCC2)nn(-c2ccncn2)c1N. The van der Waals surface area contributed by atoms with E-state index < -0.39 is 0 Å². The molecule has 0 unspecified atom stereocenters. The van der Waals surface area contributed by atoms with Gasteiger partial charge in [-0.15, -0.1) is 5.10 Å². The molecular weight excluding hydrogens is 254 g/mol. The first-order chi connectivity index (χ1) is 9.81. The fourth-order valence-corrected chi connectivity index (χ4v) is 2.44. The summed E-state index contributed by atoms with van der Waals surface area (Å²) in [6.45, 7) is 1.82. The highest BCUT2D eigenvalue weighted by Crippen LogP contribution is 2.28. The molecule has 0 saturated carbocycles. The molecule has 0 aromatic carbocycles. The molecule has 0 spiro atoms. The smallest absolute Gasteiger partial charge is 0.171 e. The zero-order valence-corrected chi connectivity index (χ0v) is 11.0. The van der Waals surface area contributed by atoms with Crippen LogP contribution in [-0.4, -0.2) is 32.8 Å². The maximum atomic E-state index is 9.35. The third-order valence-electron chi connectivity index (χ3n) is 3.45. The van der Waals surface area contributed by atoms with Crippen LogP contribution in [0.15, 0.2) is 18.6 Å². The molecule has 0 amide bonds. The van der Waals surface area contributed by atoms with Gasteiger partial charge in [-0.2, -0.15) is 9.94 Å². The molecule has 7 heteroatoms. The van der Waals surface area contributed by atoms with Gasteiger partial charge in [0.05, 0.1) is 0 Å². The summed E-state index contributed by atoms with van der Waals surface area (Å²) >= 11 is 0. The van der Waals surface area contributed by atoms with E-state index in [1.165, 1.54) is 17.4 Å². The third-order valence-corrected chi connectivity index (χ3v) is 3.45. The van der Waals surface area contributed by atoms with Crippen molar-refractivity contribution in [3.05, 3.63) is 24.2 Å². The van der Waals surface area contributed by atoms with Gasteiger partial charge in [-0.05, 0) is 19.3 Å². The summed E-state index contributed by atoms with van der Waals surface area (Å²) in [6, 6.07) is 3.87. The van der Waals surface area contributed by atoms with E-state index in [1.807, 2.05) is 0 Å². The van der Waals surface area contributed by atoms with Gasteiger partial charge in [-0.25, -0.2) is 9.97 Å². The molecule has 2 N–H and O–H groups in total. The van der Waals surface area contributed by atoms with E-state index >= 15 is 0 Å². The van der Waals surface area contributed by atoms with Crippen molar-refractivity contribution < 1.29 is 0 Å². The number of rotatable bonds is 2. The molecule has 7 nitrogen and oxygen atoms in total. The van der Waals surface area contributed by atoms with Crippen LogP contribution in [0.25, 0.3) is 5.82 Å². The van der Waals surface area contributed by atoms with Crippen LogP contribution in [0.1, 0.15) is 24.8 Å². The van der Waals surface area contributed by atoms with Crippen LogP contribution in [0.5, 0.6) is 0 Å². The molecule has 20 heavy (non-hydrogen) atoms. The standard InChI is InChI=1S/C13H15N7/c14-8-10-12(15)20(11-4-5-16-9-17-11)18-13(10)19-6-2-1-3-7-19/h4-5,9H,1-3,6-7,15H2. The Morgan fingerprint density at radius 1 is 1.25 bits per heavy atom. The van der Waals surface area contributed by atoms with Crippen LogP contribution >= 0.6 is 0 Å². The number of anilines is 2. The zero-order chi connectivity index (χ0) is 13.9. The molecule has 0 aliphatic carbocycles. The van der Waals surface area contributed by atoms with E-state index in [4.69, 9.17) is 5.73 Å². The molecule has 1 fully saturated rings. The van der Waals surface area contributed by atoms with Crippen molar-refractivity contribution in [2.24, 2.45) is 0 Å². The molecule has 0 bridgehead atoms. The van der Waals surface area contributed by atoms with E-state index in [2.05, 4.69) is 26.0 Å². The van der Waals surface area contributed by atoms with Crippen molar-refractivity contribution in [2.75, 3.05) is 23.7 Å². The van der Waals surface area contributed by atoms with Crippen molar-refractivity contribution >= 4 is 11.6 Å². The summed E-state index contributed by atoms with van der Waals surface area (Å²) in [5, 5.41) is 13.8. The fraction of sp³-hybridized carbons (Fsp3) is 0.385. The van der Waals surface area contributed by atoms with E-state index in [1.54, 1.807) is 12.3 Å². The van der Waals surface area contributed by atoms with Gasteiger partial charge in [0.15, 0.2) is 11.6 Å². The van der Waals surface area contributed by atoms with E-state index in [0.717, 1.165) is 25.9 Å². The summed E-state index contributed by atoms with van der Waals surface area (Å²) in [5.41, 5.74) is 6.47. The van der Waals surface area contributed by atoms with Crippen molar-refractivity contribution in [3.8, 4) is 11.9 Å². The number of nitrogens with zero attached hydrogens (tertiary/aromatic N) is 6. The first-order valence-corrected chi connectivity index (χ1v) is 6.61. The van der Waals surface area contributed by atoms with Crippen LogP contribution < -0.4 is 10.6 Å². The predicted molar refractivity (Wildman–Crippen MR) is 74.3 cm³/mol. The Balaban J connectivity index is 2.05. The molecule has 1 aliphatic rings. The number of piperidine rings is 1. The van der Waals surface area contributed by atoms with Crippen molar-refractivity contribution in [1.82, 2.24) is 19.7 Å². The molecule has 0 atom stereocenters. The number of nitriles is 1. The molecule has 102 valence electrons. The second-order valence-corrected chi connectivity index (χ2v) is 4.72. The minimum absolute atomic E-state index is 0.326. The fourth-order valence-electron chi connectivity index (χ4n) is 2.44. The summed E-state index contributed by atoms with van der Waals surface area (Å²) in [5.74, 6) is 1.55. The number of aromatic nitrogens is 4. The number of hydrogen-bond acceptors (Lipinski definition) is 6. The van der Waals surface area contributed by atoms with Gasteiger partial charge in [-0.1, -0.05) is 0 Å². The van der Waals surface area contributed by atoms with Crippen molar-refractivity contribution in [2.45, 2.75) is 19.3 Å². The van der Waals surface area contributed by atoms with E-state index in [0.29, 0.717) is 23.0 Å². The maximum absolute atomic E-state index is 9.35. The predicted octanol–water partition coefficient (Wildman–Crippen LogP) is 1.11. The van der Waals surface area contributed by atoms with Gasteiger partial charge in [0.2, 0.25) is 0 Å². The van der Waals surface area contributed by atoms with Crippen LogP contribution in [-0.2, 0) is 0 Å². The van der Waals surface area contributed by atoms with Crippen molar-refractivity contribution in [1.29, 1.82) is 5.26 Å². The topological polar surface area (TPSA) is 96.6 Å². The highest BCUT2D eigenvalue weighted by Gasteiger charge is 2.23. The molecule has 1 aliphatic heterocycles. The Morgan fingerprint density at radius 2 is 2.05 bits per heavy atom. The average molecular weight is 269 g/mol. The van der Waals surface area contributed by atoms with E-state index in [9.17, 15) is 5.26 Å². The van der Waals surface area contributed by atoms with E-state index in [-0.39, 0.29) is 0 Å². The second kappa shape index (κ2) is 5.17. The Bertz CT molecular complexity index is 635. The van der Waals surface area contributed by atoms with Gasteiger partial charge in [0.25, 0.3) is 0 Å². The monoisotopic (exact) mass is 269 g/mol. The maximum Gasteiger partial charge on any atom is 0.171 e. The first-order valence-electron chi connectivity index (χ1n) is 6.61. The van der Waals surface area contributed by atoms with Crippen LogP contribution in [0, 0.1) is 11.3 Å². The third kappa shape index (κ3) is 2.05. The lowest BCUT2D eigenvalue weighted by atomic mass is 10.1. The lowest BCUT2D eigenvalue weighted by Crippen LogP contribution is -2.30. The minimum atomic E-state index is 0.326. The largest absolute Gasteiger partial charge is 0.382 e. The van der Waals surface area contributed by atoms with Gasteiger partial charge in [-0.3, -0.25) is 0 Å². The Morgan fingerprint density at radius 3 is 2.70 bits per heavy atom. The number of nitrogen functional groups attached to an aromatic ring is 1. The van der Waals surface area contributed by atoms with Crippen molar-refractivity contribution in [3.63, 3.8) is 0 Å². The zero-order valence-electron chi connectivity index (χ0n) is 11.0. The summed E-state index contributed by atoms with van der Waals surface area (Å²) in [6.07, 6.45) is 6.51. The summed E-state index contributed by atoms with van der Waals surface area (Å²) < 4.78 is 1.50. The van der Waals surface area contributed by atoms with Gasteiger partial charge in [0, 0.05) is 25.4 Å². The van der Waals surface area contributed by atoms with Crippen LogP contribution in [0.2, 0.25) is 0 Å². The molecule has 0 radical (unpaired) electrons. The molecular formula is C13H15N7. The van der Waals surface area contributed by atoms with Crippen LogP contribution in [0.4, 0.5) is 11.6 Å². The van der Waals surface area contributed by atoms with Gasteiger partial charge < -0.3 is 10.6 Å². The molecule has 2 aromatic heterocycles. The average Bonchev–Trinajstić information content (AvgIpc) is 2.86. The normalized spacial score (nSPS) is 15.1. The molecule has 1 saturated heterocycles. The quantitative estimate of drug-likeness (QED) is 0.877. The molecule has 3 heterocycles.